The molecule has 4 N–H and O–H groups in total. The average Bonchev–Trinajstić information content (AvgIpc) is 2.30. The average molecular weight is 277 g/mol. The molecule has 0 saturated heterocycles. The minimum atomic E-state index is -0.255. The number of benzene rings is 1. The highest BCUT2D eigenvalue weighted by atomic mass is 16.2. The summed E-state index contributed by atoms with van der Waals surface area (Å²) >= 11 is 0. The highest BCUT2D eigenvalue weighted by molar-refractivity contribution is 5.95. The molecule has 0 fully saturated rings. The van der Waals surface area contributed by atoms with Crippen LogP contribution in [0.1, 0.15) is 43.1 Å². The van der Waals surface area contributed by atoms with E-state index >= 15 is 0 Å². The third-order valence-corrected chi connectivity index (χ3v) is 2.68. The summed E-state index contributed by atoms with van der Waals surface area (Å²) in [5.41, 5.74) is 7.52. The molecule has 0 bridgehead atoms. The van der Waals surface area contributed by atoms with Crippen molar-refractivity contribution in [1.29, 1.82) is 0 Å². The second kappa shape index (κ2) is 6.41. The molecule has 0 aliphatic rings. The number of hydrogen-bond donors (Lipinski definition) is 3. The first kappa shape index (κ1) is 16.0. The zero-order chi connectivity index (χ0) is 15.3. The SMILES string of the molecule is Cc1cc(C(=O)NCCC(=O)NC(C)(C)C)ccc1N. The Hall–Kier alpha value is -2.04. The molecule has 0 spiro atoms. The molecule has 5 nitrogen and oxygen atoms in total. The van der Waals surface area contributed by atoms with Crippen molar-refractivity contribution in [3.63, 3.8) is 0 Å². The van der Waals surface area contributed by atoms with Crippen LogP contribution >= 0.6 is 0 Å². The van der Waals surface area contributed by atoms with Crippen molar-refractivity contribution >= 4 is 17.5 Å². The van der Waals surface area contributed by atoms with Gasteiger partial charge >= 0.3 is 0 Å². The van der Waals surface area contributed by atoms with Gasteiger partial charge in [0.1, 0.15) is 0 Å². The Labute approximate surface area is 119 Å². The van der Waals surface area contributed by atoms with Gasteiger partial charge in [0.2, 0.25) is 5.91 Å². The molecule has 110 valence electrons. The van der Waals surface area contributed by atoms with E-state index < -0.39 is 0 Å². The van der Waals surface area contributed by atoms with Crippen LogP contribution in [0.3, 0.4) is 0 Å². The number of rotatable bonds is 4. The number of amides is 2. The molecule has 2 amide bonds. The summed E-state index contributed by atoms with van der Waals surface area (Å²) in [7, 11) is 0. The first-order valence-electron chi connectivity index (χ1n) is 6.64. The molecular weight excluding hydrogens is 254 g/mol. The molecule has 0 unspecified atom stereocenters. The lowest BCUT2D eigenvalue weighted by Gasteiger charge is -2.20. The number of nitrogens with two attached hydrogens (primary N) is 1. The van der Waals surface area contributed by atoms with Crippen molar-refractivity contribution < 1.29 is 9.59 Å². The summed E-state index contributed by atoms with van der Waals surface area (Å²) in [5, 5.41) is 5.56. The lowest BCUT2D eigenvalue weighted by molar-refractivity contribution is -0.122. The van der Waals surface area contributed by atoms with Crippen LogP contribution in [0, 0.1) is 6.92 Å². The Kier molecular flexibility index (Phi) is 5.13. The minimum Gasteiger partial charge on any atom is -0.399 e. The van der Waals surface area contributed by atoms with Gasteiger partial charge in [0.25, 0.3) is 5.91 Å². The van der Waals surface area contributed by atoms with Crippen LogP contribution in [0.25, 0.3) is 0 Å². The maximum Gasteiger partial charge on any atom is 0.251 e. The molecule has 0 heterocycles. The van der Waals surface area contributed by atoms with Crippen molar-refractivity contribution in [2.45, 2.75) is 39.7 Å². The molecule has 0 saturated carbocycles. The molecule has 5 heteroatoms. The van der Waals surface area contributed by atoms with E-state index in [2.05, 4.69) is 10.6 Å². The fraction of sp³-hybridized carbons (Fsp3) is 0.467. The standard InChI is InChI=1S/C15H23N3O2/c1-10-9-11(5-6-12(10)16)14(20)17-8-7-13(19)18-15(2,3)4/h5-6,9H,7-8,16H2,1-4H3,(H,17,20)(H,18,19). The summed E-state index contributed by atoms with van der Waals surface area (Å²) in [6, 6.07) is 5.11. The van der Waals surface area contributed by atoms with Crippen LogP contribution in [-0.2, 0) is 4.79 Å². The van der Waals surface area contributed by atoms with Crippen LogP contribution in [-0.4, -0.2) is 23.9 Å². The summed E-state index contributed by atoms with van der Waals surface area (Å²) in [6.45, 7) is 7.91. The van der Waals surface area contributed by atoms with Crippen molar-refractivity contribution in [1.82, 2.24) is 10.6 Å². The molecule has 0 aliphatic heterocycles. The van der Waals surface area contributed by atoms with E-state index in [4.69, 9.17) is 5.73 Å². The van der Waals surface area contributed by atoms with E-state index in [1.165, 1.54) is 0 Å². The highest BCUT2D eigenvalue weighted by Gasteiger charge is 2.13. The molecular formula is C15H23N3O2. The third-order valence-electron chi connectivity index (χ3n) is 2.68. The van der Waals surface area contributed by atoms with E-state index in [0.29, 0.717) is 17.8 Å². The maximum absolute atomic E-state index is 11.9. The van der Waals surface area contributed by atoms with E-state index in [0.717, 1.165) is 5.56 Å². The minimum absolute atomic E-state index is 0.0775. The number of aryl methyl sites for hydroxylation is 1. The van der Waals surface area contributed by atoms with E-state index in [-0.39, 0.29) is 23.8 Å². The van der Waals surface area contributed by atoms with Gasteiger partial charge in [-0.15, -0.1) is 0 Å². The second-order valence-electron chi connectivity index (χ2n) is 5.88. The molecule has 1 aromatic carbocycles. The third kappa shape index (κ3) is 5.30. The Balaban J connectivity index is 2.44. The number of nitrogen functional groups attached to an aromatic ring is 1. The van der Waals surface area contributed by atoms with Gasteiger partial charge in [-0.3, -0.25) is 9.59 Å². The van der Waals surface area contributed by atoms with E-state index in [9.17, 15) is 9.59 Å². The quantitative estimate of drug-likeness (QED) is 0.731. The maximum atomic E-state index is 11.9. The Morgan fingerprint density at radius 1 is 1.25 bits per heavy atom. The van der Waals surface area contributed by atoms with Gasteiger partial charge in [-0.1, -0.05) is 0 Å². The van der Waals surface area contributed by atoms with Crippen LogP contribution in [0.15, 0.2) is 18.2 Å². The highest BCUT2D eigenvalue weighted by Crippen LogP contribution is 2.12. The molecule has 0 aromatic heterocycles. The Bertz CT molecular complexity index is 504. The molecule has 1 aromatic rings. The summed E-state index contributed by atoms with van der Waals surface area (Å²) in [4.78, 5) is 23.5. The normalized spacial score (nSPS) is 11.0. The van der Waals surface area contributed by atoms with Gasteiger partial charge < -0.3 is 16.4 Å². The number of hydrogen-bond acceptors (Lipinski definition) is 3. The van der Waals surface area contributed by atoms with Crippen LogP contribution < -0.4 is 16.4 Å². The van der Waals surface area contributed by atoms with Crippen molar-refractivity contribution in [2.24, 2.45) is 0 Å². The van der Waals surface area contributed by atoms with Gasteiger partial charge in [0.15, 0.2) is 0 Å². The first-order chi connectivity index (χ1) is 9.19. The fourth-order valence-corrected chi connectivity index (χ4v) is 1.69. The molecule has 20 heavy (non-hydrogen) atoms. The van der Waals surface area contributed by atoms with E-state index in [1.807, 2.05) is 27.7 Å². The van der Waals surface area contributed by atoms with Crippen LogP contribution in [0.5, 0.6) is 0 Å². The lowest BCUT2D eigenvalue weighted by Crippen LogP contribution is -2.41. The number of anilines is 1. The van der Waals surface area contributed by atoms with Gasteiger partial charge in [0.05, 0.1) is 0 Å². The zero-order valence-electron chi connectivity index (χ0n) is 12.5. The molecule has 0 aliphatic carbocycles. The summed E-state index contributed by atoms with van der Waals surface area (Å²) < 4.78 is 0. The van der Waals surface area contributed by atoms with E-state index in [1.54, 1.807) is 18.2 Å². The fourth-order valence-electron chi connectivity index (χ4n) is 1.69. The first-order valence-corrected chi connectivity index (χ1v) is 6.64. The van der Waals surface area contributed by atoms with Crippen molar-refractivity contribution in [3.05, 3.63) is 29.3 Å². The lowest BCUT2D eigenvalue weighted by atomic mass is 10.1. The van der Waals surface area contributed by atoms with Crippen molar-refractivity contribution in [3.8, 4) is 0 Å². The van der Waals surface area contributed by atoms with Crippen LogP contribution in [0.2, 0.25) is 0 Å². The number of carbonyl (C=O) groups is 2. The zero-order valence-corrected chi connectivity index (χ0v) is 12.5. The van der Waals surface area contributed by atoms with Gasteiger partial charge in [-0.05, 0) is 51.5 Å². The summed E-state index contributed by atoms with van der Waals surface area (Å²) in [6.07, 6.45) is 0.261. The van der Waals surface area contributed by atoms with Gasteiger partial charge in [-0.2, -0.15) is 0 Å². The molecule has 0 atom stereocenters. The van der Waals surface area contributed by atoms with Crippen molar-refractivity contribution in [2.75, 3.05) is 12.3 Å². The predicted octanol–water partition coefficient (Wildman–Crippen LogP) is 1.61. The predicted molar refractivity (Wildman–Crippen MR) is 80.4 cm³/mol. The molecule has 0 radical (unpaired) electrons. The number of carbonyl (C=O) groups excluding carboxylic acids is 2. The smallest absolute Gasteiger partial charge is 0.251 e. The largest absolute Gasteiger partial charge is 0.399 e. The topological polar surface area (TPSA) is 84.2 Å². The van der Waals surface area contributed by atoms with Gasteiger partial charge in [-0.25, -0.2) is 0 Å². The van der Waals surface area contributed by atoms with Gasteiger partial charge in [0, 0.05) is 29.8 Å². The van der Waals surface area contributed by atoms with Crippen LogP contribution in [0.4, 0.5) is 5.69 Å². The summed E-state index contributed by atoms with van der Waals surface area (Å²) in [5.74, 6) is -0.275. The second-order valence-corrected chi connectivity index (χ2v) is 5.88. The monoisotopic (exact) mass is 277 g/mol. The Morgan fingerprint density at radius 2 is 1.90 bits per heavy atom. The Morgan fingerprint density at radius 3 is 2.45 bits per heavy atom. The molecule has 1 rings (SSSR count). The number of nitrogens with one attached hydrogen (secondary N) is 2.